The Morgan fingerprint density at radius 1 is 1.45 bits per heavy atom. The van der Waals surface area contributed by atoms with E-state index in [1.807, 2.05) is 11.8 Å². The second-order valence-corrected chi connectivity index (χ2v) is 5.45. The summed E-state index contributed by atoms with van der Waals surface area (Å²) in [5.41, 5.74) is 5.65. The Balaban J connectivity index is 2.43. The van der Waals surface area contributed by atoms with Gasteiger partial charge in [0, 0.05) is 12.6 Å². The number of aryl methyl sites for hydroxylation is 1. The van der Waals surface area contributed by atoms with Crippen molar-refractivity contribution in [1.29, 1.82) is 0 Å². The molecule has 1 fully saturated rings. The lowest BCUT2D eigenvalue weighted by atomic mass is 9.92. The van der Waals surface area contributed by atoms with Gasteiger partial charge >= 0.3 is 0 Å². The lowest BCUT2D eigenvalue weighted by molar-refractivity contribution is -0.122. The molecule has 0 saturated carbocycles. The second-order valence-electron chi connectivity index (χ2n) is 5.09. The SMILES string of the molecule is Cc1nc(Cl)c(C=O)c(N2CC(C(N)=O)CCC2C)n1. The maximum absolute atomic E-state index is 11.4. The van der Waals surface area contributed by atoms with Crippen LogP contribution in [0, 0.1) is 12.8 Å². The molecule has 7 heteroatoms. The standard InChI is InChI=1S/C13H17ClN4O2/c1-7-3-4-9(12(15)20)5-18(7)13-10(6-19)11(14)16-8(2)17-13/h6-7,9H,3-5H2,1-2H3,(H2,15,20). The summed E-state index contributed by atoms with van der Waals surface area (Å²) in [6.45, 7) is 4.19. The first kappa shape index (κ1) is 14.7. The monoisotopic (exact) mass is 296 g/mol. The predicted molar refractivity (Wildman–Crippen MR) is 75.9 cm³/mol. The van der Waals surface area contributed by atoms with E-state index >= 15 is 0 Å². The number of hydrogen-bond donors (Lipinski definition) is 1. The molecule has 2 N–H and O–H groups in total. The number of hydrogen-bond acceptors (Lipinski definition) is 5. The highest BCUT2D eigenvalue weighted by Gasteiger charge is 2.31. The third kappa shape index (κ3) is 2.75. The van der Waals surface area contributed by atoms with Gasteiger partial charge in [-0.1, -0.05) is 11.6 Å². The molecule has 1 aromatic heterocycles. The number of carbonyl (C=O) groups is 2. The Hall–Kier alpha value is -1.69. The maximum atomic E-state index is 11.4. The van der Waals surface area contributed by atoms with E-state index in [-0.39, 0.29) is 28.6 Å². The van der Waals surface area contributed by atoms with Crippen LogP contribution in [0.4, 0.5) is 5.82 Å². The van der Waals surface area contributed by atoms with Gasteiger partial charge in [-0.2, -0.15) is 0 Å². The van der Waals surface area contributed by atoms with Crippen LogP contribution in [0.3, 0.4) is 0 Å². The molecule has 2 atom stereocenters. The molecule has 0 spiro atoms. The molecule has 1 saturated heterocycles. The molecule has 2 heterocycles. The van der Waals surface area contributed by atoms with Crippen molar-refractivity contribution < 1.29 is 9.59 Å². The lowest BCUT2D eigenvalue weighted by Gasteiger charge is -2.38. The highest BCUT2D eigenvalue weighted by molar-refractivity contribution is 6.32. The van der Waals surface area contributed by atoms with Gasteiger partial charge in [-0.3, -0.25) is 9.59 Å². The number of carbonyl (C=O) groups excluding carboxylic acids is 2. The van der Waals surface area contributed by atoms with Crippen LogP contribution in [0.1, 0.15) is 35.9 Å². The summed E-state index contributed by atoms with van der Waals surface area (Å²) in [5, 5.41) is 0.135. The van der Waals surface area contributed by atoms with Gasteiger partial charge < -0.3 is 10.6 Å². The Bertz CT molecular complexity index is 549. The molecule has 0 radical (unpaired) electrons. The summed E-state index contributed by atoms with van der Waals surface area (Å²) in [6.07, 6.45) is 2.21. The van der Waals surface area contributed by atoms with Gasteiger partial charge in [-0.05, 0) is 26.7 Å². The second kappa shape index (κ2) is 5.75. The van der Waals surface area contributed by atoms with Crippen LogP contribution in [0.5, 0.6) is 0 Å². The molecule has 2 rings (SSSR count). The van der Waals surface area contributed by atoms with E-state index in [2.05, 4.69) is 9.97 Å². The molecule has 1 amide bonds. The molecule has 108 valence electrons. The van der Waals surface area contributed by atoms with Crippen LogP contribution < -0.4 is 10.6 Å². The Kier molecular flexibility index (Phi) is 4.23. The minimum Gasteiger partial charge on any atom is -0.369 e. The van der Waals surface area contributed by atoms with Crippen LogP contribution in [-0.4, -0.2) is 34.7 Å². The van der Waals surface area contributed by atoms with Gasteiger partial charge in [0.15, 0.2) is 6.29 Å². The van der Waals surface area contributed by atoms with Gasteiger partial charge in [0.1, 0.15) is 16.8 Å². The lowest BCUT2D eigenvalue weighted by Crippen LogP contribution is -2.46. The van der Waals surface area contributed by atoms with Crippen LogP contribution >= 0.6 is 11.6 Å². The first-order chi connectivity index (χ1) is 9.43. The van der Waals surface area contributed by atoms with Crippen LogP contribution in [-0.2, 0) is 4.79 Å². The van der Waals surface area contributed by atoms with E-state index < -0.39 is 0 Å². The first-order valence-corrected chi connectivity index (χ1v) is 6.87. The fraction of sp³-hybridized carbons (Fsp3) is 0.538. The van der Waals surface area contributed by atoms with Gasteiger partial charge in [0.2, 0.25) is 5.91 Å². The molecule has 0 bridgehead atoms. The van der Waals surface area contributed by atoms with Crippen molar-refractivity contribution >= 4 is 29.6 Å². The number of nitrogens with two attached hydrogens (primary N) is 1. The molecular formula is C13H17ClN4O2. The van der Waals surface area contributed by atoms with Crippen LogP contribution in [0.2, 0.25) is 5.15 Å². The zero-order valence-electron chi connectivity index (χ0n) is 11.5. The number of rotatable bonds is 3. The number of amides is 1. The van der Waals surface area contributed by atoms with E-state index in [1.165, 1.54) is 0 Å². The molecule has 6 nitrogen and oxygen atoms in total. The minimum absolute atomic E-state index is 0.135. The van der Waals surface area contributed by atoms with Gasteiger partial charge in [-0.15, -0.1) is 0 Å². The van der Waals surface area contributed by atoms with Crippen molar-refractivity contribution in [1.82, 2.24) is 9.97 Å². The van der Waals surface area contributed by atoms with Crippen LogP contribution in [0.25, 0.3) is 0 Å². The Labute approximate surface area is 122 Å². The minimum atomic E-state index is -0.327. The normalized spacial score (nSPS) is 22.6. The topological polar surface area (TPSA) is 89.2 Å². The molecule has 1 aliphatic rings. The summed E-state index contributed by atoms with van der Waals surface area (Å²) in [7, 11) is 0. The molecule has 2 unspecified atom stereocenters. The van der Waals surface area contributed by atoms with E-state index in [0.717, 1.165) is 12.8 Å². The molecule has 1 aromatic rings. The summed E-state index contributed by atoms with van der Waals surface area (Å²) >= 11 is 6.00. The van der Waals surface area contributed by atoms with Crippen molar-refractivity contribution in [3.05, 3.63) is 16.5 Å². The summed E-state index contributed by atoms with van der Waals surface area (Å²) in [6, 6.07) is 0.162. The smallest absolute Gasteiger partial charge is 0.222 e. The zero-order chi connectivity index (χ0) is 14.9. The molecular weight excluding hydrogens is 280 g/mol. The Morgan fingerprint density at radius 3 is 2.75 bits per heavy atom. The number of halogens is 1. The number of aldehydes is 1. The molecule has 1 aliphatic heterocycles. The Morgan fingerprint density at radius 2 is 2.15 bits per heavy atom. The highest BCUT2D eigenvalue weighted by Crippen LogP contribution is 2.30. The van der Waals surface area contributed by atoms with Crippen LogP contribution in [0.15, 0.2) is 0 Å². The maximum Gasteiger partial charge on any atom is 0.222 e. The van der Waals surface area contributed by atoms with E-state index in [1.54, 1.807) is 6.92 Å². The average molecular weight is 297 g/mol. The van der Waals surface area contributed by atoms with Crippen molar-refractivity contribution in [3.8, 4) is 0 Å². The number of primary amides is 1. The van der Waals surface area contributed by atoms with Crippen molar-refractivity contribution in [3.63, 3.8) is 0 Å². The first-order valence-electron chi connectivity index (χ1n) is 6.49. The van der Waals surface area contributed by atoms with Crippen molar-refractivity contribution in [2.45, 2.75) is 32.7 Å². The third-order valence-electron chi connectivity index (χ3n) is 3.67. The summed E-state index contributed by atoms with van der Waals surface area (Å²) in [4.78, 5) is 32.9. The predicted octanol–water partition coefficient (Wildman–Crippen LogP) is 1.34. The summed E-state index contributed by atoms with van der Waals surface area (Å²) in [5.74, 6) is 0.408. The molecule has 0 aromatic carbocycles. The van der Waals surface area contributed by atoms with Gasteiger partial charge in [-0.25, -0.2) is 9.97 Å². The average Bonchev–Trinajstić information content (AvgIpc) is 2.38. The van der Waals surface area contributed by atoms with E-state index in [4.69, 9.17) is 17.3 Å². The fourth-order valence-corrected chi connectivity index (χ4v) is 2.74. The fourth-order valence-electron chi connectivity index (χ4n) is 2.49. The third-order valence-corrected chi connectivity index (χ3v) is 3.95. The van der Waals surface area contributed by atoms with Crippen molar-refractivity contribution in [2.75, 3.05) is 11.4 Å². The quantitative estimate of drug-likeness (QED) is 0.671. The zero-order valence-corrected chi connectivity index (χ0v) is 12.2. The molecule has 20 heavy (non-hydrogen) atoms. The summed E-state index contributed by atoms with van der Waals surface area (Å²) < 4.78 is 0. The van der Waals surface area contributed by atoms with E-state index in [0.29, 0.717) is 24.5 Å². The largest absolute Gasteiger partial charge is 0.369 e. The highest BCUT2D eigenvalue weighted by atomic mass is 35.5. The van der Waals surface area contributed by atoms with Gasteiger partial charge in [0.05, 0.1) is 11.5 Å². The number of anilines is 1. The number of piperidine rings is 1. The molecule has 0 aliphatic carbocycles. The number of aromatic nitrogens is 2. The number of nitrogens with zero attached hydrogens (tertiary/aromatic N) is 3. The van der Waals surface area contributed by atoms with E-state index in [9.17, 15) is 9.59 Å². The van der Waals surface area contributed by atoms with Gasteiger partial charge in [0.25, 0.3) is 0 Å². The van der Waals surface area contributed by atoms with Crippen molar-refractivity contribution in [2.24, 2.45) is 11.7 Å².